The van der Waals surface area contributed by atoms with Crippen molar-refractivity contribution in [3.8, 4) is 0 Å². The summed E-state index contributed by atoms with van der Waals surface area (Å²) in [5.74, 6) is -0.0907. The molecule has 1 heterocycles. The van der Waals surface area contributed by atoms with Crippen LogP contribution in [0, 0.1) is 27.7 Å². The van der Waals surface area contributed by atoms with Crippen LogP contribution in [0.4, 0.5) is 0 Å². The van der Waals surface area contributed by atoms with Gasteiger partial charge in [-0.2, -0.15) is 0 Å². The van der Waals surface area contributed by atoms with E-state index in [1.54, 1.807) is 18.2 Å². The second-order valence-corrected chi connectivity index (χ2v) is 6.83. The van der Waals surface area contributed by atoms with Gasteiger partial charge in [0.25, 0.3) is 5.56 Å². The van der Waals surface area contributed by atoms with Gasteiger partial charge in [-0.25, -0.2) is 4.98 Å². The molecule has 3 aromatic rings. The van der Waals surface area contributed by atoms with Crippen molar-refractivity contribution in [2.75, 3.05) is 0 Å². The second kappa shape index (κ2) is 6.45. The Morgan fingerprint density at radius 3 is 2.36 bits per heavy atom. The summed E-state index contributed by atoms with van der Waals surface area (Å²) in [6, 6.07) is 7.05. The van der Waals surface area contributed by atoms with Crippen LogP contribution in [0.5, 0.6) is 0 Å². The highest BCUT2D eigenvalue weighted by Gasteiger charge is 2.17. The summed E-state index contributed by atoms with van der Waals surface area (Å²) in [4.78, 5) is 29.8. The van der Waals surface area contributed by atoms with Crippen LogP contribution in [0.25, 0.3) is 10.9 Å². The van der Waals surface area contributed by atoms with Crippen LogP contribution < -0.4 is 5.56 Å². The van der Waals surface area contributed by atoms with Crippen molar-refractivity contribution in [2.45, 2.75) is 34.2 Å². The molecule has 0 bridgehead atoms. The van der Waals surface area contributed by atoms with Crippen molar-refractivity contribution < 1.29 is 4.79 Å². The molecule has 0 saturated heterocycles. The van der Waals surface area contributed by atoms with Crippen molar-refractivity contribution in [2.24, 2.45) is 0 Å². The van der Waals surface area contributed by atoms with Gasteiger partial charge in [-0.1, -0.05) is 17.7 Å². The third-order valence-corrected chi connectivity index (χ3v) is 4.98. The number of rotatable bonds is 3. The lowest BCUT2D eigenvalue weighted by Crippen LogP contribution is -2.25. The van der Waals surface area contributed by atoms with Crippen LogP contribution in [0.2, 0.25) is 5.02 Å². The lowest BCUT2D eigenvalue weighted by Gasteiger charge is -2.15. The molecule has 128 valence electrons. The SMILES string of the molecule is Cc1cc(C)c(C)c(C(=O)Cn2cnc3ccc(Cl)cc3c2=O)c1C. The second-order valence-electron chi connectivity index (χ2n) is 6.40. The molecule has 0 radical (unpaired) electrons. The average molecular weight is 355 g/mol. The Kier molecular flexibility index (Phi) is 4.48. The predicted molar refractivity (Wildman–Crippen MR) is 101 cm³/mol. The smallest absolute Gasteiger partial charge is 0.261 e. The normalized spacial score (nSPS) is 11.1. The van der Waals surface area contributed by atoms with Gasteiger partial charge in [0.15, 0.2) is 5.78 Å². The van der Waals surface area contributed by atoms with E-state index in [2.05, 4.69) is 11.1 Å². The number of ketones is 1. The number of nitrogens with zero attached hydrogens (tertiary/aromatic N) is 2. The molecule has 0 aliphatic heterocycles. The van der Waals surface area contributed by atoms with Crippen LogP contribution in [0.15, 0.2) is 35.4 Å². The number of carbonyl (C=O) groups excluding carboxylic acids is 1. The summed E-state index contributed by atoms with van der Waals surface area (Å²) in [6.07, 6.45) is 1.42. The van der Waals surface area contributed by atoms with E-state index in [0.717, 1.165) is 22.3 Å². The molecule has 0 aliphatic carbocycles. The van der Waals surface area contributed by atoms with Gasteiger partial charge in [0, 0.05) is 10.6 Å². The van der Waals surface area contributed by atoms with E-state index in [4.69, 9.17) is 11.6 Å². The van der Waals surface area contributed by atoms with Gasteiger partial charge in [0.05, 0.1) is 23.8 Å². The minimum absolute atomic E-state index is 0.0428. The van der Waals surface area contributed by atoms with Crippen LogP contribution in [-0.4, -0.2) is 15.3 Å². The lowest BCUT2D eigenvalue weighted by molar-refractivity contribution is 0.0969. The first-order chi connectivity index (χ1) is 11.8. The highest BCUT2D eigenvalue weighted by molar-refractivity contribution is 6.31. The third-order valence-electron chi connectivity index (χ3n) is 4.74. The maximum absolute atomic E-state index is 12.9. The van der Waals surface area contributed by atoms with Gasteiger partial charge in [-0.3, -0.25) is 14.2 Å². The fraction of sp³-hybridized carbons (Fsp3) is 0.250. The molecule has 2 aromatic carbocycles. The van der Waals surface area contributed by atoms with Crippen LogP contribution in [0.3, 0.4) is 0 Å². The van der Waals surface area contributed by atoms with E-state index in [1.807, 2.05) is 27.7 Å². The molecule has 5 heteroatoms. The number of Topliss-reactive ketones (excluding diaryl/α,β-unsaturated/α-hetero) is 1. The van der Waals surface area contributed by atoms with Crippen molar-refractivity contribution in [3.05, 3.63) is 73.8 Å². The Hall–Kier alpha value is -2.46. The van der Waals surface area contributed by atoms with Crippen molar-refractivity contribution in [1.29, 1.82) is 0 Å². The van der Waals surface area contributed by atoms with E-state index >= 15 is 0 Å². The highest BCUT2D eigenvalue weighted by Crippen LogP contribution is 2.22. The van der Waals surface area contributed by atoms with E-state index < -0.39 is 0 Å². The molecule has 0 aliphatic rings. The summed E-state index contributed by atoms with van der Waals surface area (Å²) in [6.45, 7) is 7.82. The first kappa shape index (κ1) is 17.4. The van der Waals surface area contributed by atoms with E-state index in [1.165, 1.54) is 10.9 Å². The van der Waals surface area contributed by atoms with Crippen LogP contribution >= 0.6 is 11.6 Å². The van der Waals surface area contributed by atoms with Gasteiger partial charge < -0.3 is 0 Å². The first-order valence-corrected chi connectivity index (χ1v) is 8.42. The number of hydrogen-bond acceptors (Lipinski definition) is 3. The minimum atomic E-state index is -0.263. The Morgan fingerprint density at radius 1 is 1.08 bits per heavy atom. The van der Waals surface area contributed by atoms with E-state index in [0.29, 0.717) is 21.5 Å². The monoisotopic (exact) mass is 354 g/mol. The molecule has 0 unspecified atom stereocenters. The number of fused-ring (bicyclic) bond motifs is 1. The summed E-state index contributed by atoms with van der Waals surface area (Å²) < 4.78 is 1.34. The molecule has 0 N–H and O–H groups in total. The van der Waals surface area contributed by atoms with Gasteiger partial charge in [-0.15, -0.1) is 0 Å². The Morgan fingerprint density at radius 2 is 1.72 bits per heavy atom. The highest BCUT2D eigenvalue weighted by atomic mass is 35.5. The standard InChI is InChI=1S/C20H19ClN2O2/c1-11-7-12(2)14(4)19(13(11)3)18(24)9-23-10-22-17-6-5-15(21)8-16(17)20(23)25/h5-8,10H,9H2,1-4H3. The quantitative estimate of drug-likeness (QED) is 0.663. The van der Waals surface area contributed by atoms with Gasteiger partial charge in [0.1, 0.15) is 0 Å². The van der Waals surface area contributed by atoms with Gasteiger partial charge in [0.2, 0.25) is 0 Å². The predicted octanol–water partition coefficient (Wildman–Crippen LogP) is 4.17. The first-order valence-electron chi connectivity index (χ1n) is 8.05. The van der Waals surface area contributed by atoms with Crippen molar-refractivity contribution in [1.82, 2.24) is 9.55 Å². The molecular weight excluding hydrogens is 336 g/mol. The molecule has 0 amide bonds. The Labute approximate surface area is 151 Å². The van der Waals surface area contributed by atoms with Crippen molar-refractivity contribution >= 4 is 28.3 Å². The summed E-state index contributed by atoms with van der Waals surface area (Å²) in [7, 11) is 0. The molecule has 0 spiro atoms. The molecule has 3 rings (SSSR count). The third kappa shape index (κ3) is 3.10. The van der Waals surface area contributed by atoms with Crippen LogP contribution in [0.1, 0.15) is 32.6 Å². The van der Waals surface area contributed by atoms with E-state index in [-0.39, 0.29) is 17.9 Å². The largest absolute Gasteiger partial charge is 0.292 e. The number of aromatic nitrogens is 2. The molecule has 0 atom stereocenters. The number of benzene rings is 2. The van der Waals surface area contributed by atoms with E-state index in [9.17, 15) is 9.59 Å². The zero-order chi connectivity index (χ0) is 18.3. The molecule has 0 fully saturated rings. The molecule has 0 saturated carbocycles. The van der Waals surface area contributed by atoms with Crippen molar-refractivity contribution in [3.63, 3.8) is 0 Å². The Bertz CT molecular complexity index is 1040. The fourth-order valence-corrected chi connectivity index (χ4v) is 3.28. The van der Waals surface area contributed by atoms with Gasteiger partial charge >= 0.3 is 0 Å². The summed E-state index contributed by atoms with van der Waals surface area (Å²) >= 11 is 5.98. The summed E-state index contributed by atoms with van der Waals surface area (Å²) in [5.41, 5.74) is 5.05. The van der Waals surface area contributed by atoms with Gasteiger partial charge in [-0.05, 0) is 68.1 Å². The number of aryl methyl sites for hydroxylation is 2. The minimum Gasteiger partial charge on any atom is -0.292 e. The Balaban J connectivity index is 2.07. The average Bonchev–Trinajstić information content (AvgIpc) is 2.56. The number of halogens is 1. The zero-order valence-corrected chi connectivity index (χ0v) is 15.4. The zero-order valence-electron chi connectivity index (χ0n) is 14.7. The fourth-order valence-electron chi connectivity index (χ4n) is 3.11. The maximum Gasteiger partial charge on any atom is 0.261 e. The van der Waals surface area contributed by atoms with Crippen LogP contribution in [-0.2, 0) is 6.54 Å². The molecule has 4 nitrogen and oxygen atoms in total. The number of hydrogen-bond donors (Lipinski definition) is 0. The molecular formula is C20H19ClN2O2. The molecule has 25 heavy (non-hydrogen) atoms. The summed E-state index contributed by atoms with van der Waals surface area (Å²) in [5, 5.41) is 0.883. The topological polar surface area (TPSA) is 52.0 Å². The molecule has 1 aromatic heterocycles. The number of carbonyl (C=O) groups is 1. The lowest BCUT2D eigenvalue weighted by atomic mass is 9.91. The maximum atomic E-state index is 12.9.